The molecule has 20 heavy (non-hydrogen) atoms. The van der Waals surface area contributed by atoms with Crippen molar-refractivity contribution in [1.82, 2.24) is 0 Å². The maximum Gasteiger partial charge on any atom is 4.00 e. The van der Waals surface area contributed by atoms with Crippen molar-refractivity contribution in [2.24, 2.45) is 0 Å². The van der Waals surface area contributed by atoms with Crippen molar-refractivity contribution in [1.29, 1.82) is 0 Å². The summed E-state index contributed by atoms with van der Waals surface area (Å²) in [6.45, 7) is 9.30. The van der Waals surface area contributed by atoms with Gasteiger partial charge in [0.2, 0.25) is 0 Å². The average molecular weight is 427 g/mol. The maximum atomic E-state index is 2.44. The van der Waals surface area contributed by atoms with Crippen molar-refractivity contribution in [3.63, 3.8) is 0 Å². The third-order valence-electron chi connectivity index (χ3n) is 3.36. The predicted octanol–water partition coefficient (Wildman–Crippen LogP) is -4.85. The first-order chi connectivity index (χ1) is 7.58. The molecular formula is C15H21Cl3SiZr. The summed E-state index contributed by atoms with van der Waals surface area (Å²) in [4.78, 5) is 0. The van der Waals surface area contributed by atoms with Crippen LogP contribution in [0.15, 0.2) is 46.6 Å². The van der Waals surface area contributed by atoms with Crippen molar-refractivity contribution in [2.45, 2.75) is 39.8 Å². The molecule has 0 amide bonds. The summed E-state index contributed by atoms with van der Waals surface area (Å²) >= 11 is 0. The second-order valence-electron chi connectivity index (χ2n) is 5.21. The van der Waals surface area contributed by atoms with E-state index in [1.807, 2.05) is 0 Å². The van der Waals surface area contributed by atoms with Crippen molar-refractivity contribution in [3.05, 3.63) is 52.1 Å². The normalized spacial score (nSPS) is 15.7. The van der Waals surface area contributed by atoms with Crippen LogP contribution in [0.4, 0.5) is 0 Å². The van der Waals surface area contributed by atoms with Crippen molar-refractivity contribution in [2.75, 3.05) is 0 Å². The van der Waals surface area contributed by atoms with Gasteiger partial charge in [0.15, 0.2) is 0 Å². The molecule has 0 aromatic rings. The van der Waals surface area contributed by atoms with Gasteiger partial charge >= 0.3 is 26.2 Å². The predicted molar refractivity (Wildman–Crippen MR) is 75.0 cm³/mol. The molecule has 0 nitrogen and oxygen atoms in total. The van der Waals surface area contributed by atoms with Gasteiger partial charge in [0.25, 0.3) is 0 Å². The average Bonchev–Trinajstić information content (AvgIpc) is 2.76. The Kier molecular flexibility index (Phi) is 14.6. The summed E-state index contributed by atoms with van der Waals surface area (Å²) in [7, 11) is -0.733. The van der Waals surface area contributed by atoms with Gasteiger partial charge in [0, 0.05) is 8.80 Å². The van der Waals surface area contributed by atoms with Crippen LogP contribution in [0.3, 0.4) is 0 Å². The molecule has 2 rings (SSSR count). The molecule has 110 valence electrons. The van der Waals surface area contributed by atoms with Gasteiger partial charge in [-0.2, -0.15) is 28.8 Å². The van der Waals surface area contributed by atoms with Gasteiger partial charge < -0.3 is 37.2 Å². The van der Waals surface area contributed by atoms with Crippen LogP contribution in [0, 0.1) is 5.54 Å². The molecule has 0 aromatic carbocycles. The number of halogens is 3. The van der Waals surface area contributed by atoms with Crippen molar-refractivity contribution < 1.29 is 63.4 Å². The first kappa shape index (κ1) is 25.7. The zero-order valence-electron chi connectivity index (χ0n) is 12.4. The Morgan fingerprint density at radius 1 is 0.850 bits per heavy atom. The van der Waals surface area contributed by atoms with Gasteiger partial charge in [-0.1, -0.05) is 39.1 Å². The van der Waals surface area contributed by atoms with Crippen LogP contribution in [0.2, 0.25) is 13.1 Å². The van der Waals surface area contributed by atoms with E-state index >= 15 is 0 Å². The molecule has 0 saturated carbocycles. The molecule has 0 aromatic heterocycles. The van der Waals surface area contributed by atoms with Crippen LogP contribution >= 0.6 is 0 Å². The van der Waals surface area contributed by atoms with Gasteiger partial charge in [-0.3, -0.25) is 0 Å². The van der Waals surface area contributed by atoms with Crippen LogP contribution in [-0.4, -0.2) is 8.80 Å². The molecule has 0 radical (unpaired) electrons. The molecule has 0 N–H and O–H groups in total. The molecule has 0 unspecified atom stereocenters. The Balaban J connectivity index is -0.000000722. The first-order valence-electron chi connectivity index (χ1n) is 6.20. The minimum atomic E-state index is -0.733. The van der Waals surface area contributed by atoms with E-state index in [1.165, 1.54) is 11.1 Å². The molecule has 0 bridgehead atoms. The van der Waals surface area contributed by atoms with E-state index in [9.17, 15) is 0 Å². The molecule has 0 atom stereocenters. The zero-order chi connectivity index (χ0) is 11.7. The first-order valence-corrected chi connectivity index (χ1v) is 9.09. The molecule has 0 spiro atoms. The molecule has 0 fully saturated rings. The zero-order valence-corrected chi connectivity index (χ0v) is 18.3. The number of hydrogen-bond acceptors (Lipinski definition) is 0. The smallest absolute Gasteiger partial charge is 1.00 e. The van der Waals surface area contributed by atoms with Crippen LogP contribution < -0.4 is 37.2 Å². The molecule has 0 aliphatic heterocycles. The second-order valence-corrected chi connectivity index (χ2v) is 8.10. The van der Waals surface area contributed by atoms with Gasteiger partial charge in [-0.15, -0.1) is 11.1 Å². The summed E-state index contributed by atoms with van der Waals surface area (Å²) in [5.41, 5.74) is 7.76. The Bertz CT molecular complexity index is 387. The fraction of sp³-hybridized carbons (Fsp3) is 0.400. The van der Waals surface area contributed by atoms with Crippen LogP contribution in [0.25, 0.3) is 0 Å². The second kappa shape index (κ2) is 11.4. The molecule has 2 aliphatic rings. The van der Waals surface area contributed by atoms with E-state index < -0.39 is 8.80 Å². The van der Waals surface area contributed by atoms with Gasteiger partial charge in [0.05, 0.1) is 0 Å². The minimum Gasteiger partial charge on any atom is -1.00 e. The van der Waals surface area contributed by atoms with Crippen molar-refractivity contribution in [3.8, 4) is 0 Å². The SMILES string of the molecule is CC1=CCC([C-](C2=CC(C)=CC2)[SiH](C)C)=C1.[Cl-].[Cl-].[Cl-].[Zr+4]. The van der Waals surface area contributed by atoms with E-state index in [2.05, 4.69) is 51.2 Å². The fourth-order valence-corrected chi connectivity index (χ4v) is 4.54. The van der Waals surface area contributed by atoms with Crippen LogP contribution in [-0.2, 0) is 26.2 Å². The monoisotopic (exact) mass is 424 g/mol. The van der Waals surface area contributed by atoms with Crippen LogP contribution in [0.5, 0.6) is 0 Å². The third kappa shape index (κ3) is 6.28. The molecular weight excluding hydrogens is 406 g/mol. The summed E-state index contributed by atoms with van der Waals surface area (Å²) in [5, 5.41) is 0. The Labute approximate surface area is 163 Å². The van der Waals surface area contributed by atoms with Gasteiger partial charge in [-0.05, 0) is 12.8 Å². The van der Waals surface area contributed by atoms with E-state index in [0.29, 0.717) is 0 Å². The van der Waals surface area contributed by atoms with Crippen LogP contribution in [0.1, 0.15) is 26.7 Å². The molecule has 5 heteroatoms. The third-order valence-corrected chi connectivity index (χ3v) is 5.26. The number of hydrogen-bond donors (Lipinski definition) is 0. The van der Waals surface area contributed by atoms with E-state index in [1.54, 1.807) is 16.7 Å². The van der Waals surface area contributed by atoms with Crippen molar-refractivity contribution >= 4 is 8.80 Å². The van der Waals surface area contributed by atoms with E-state index in [4.69, 9.17) is 0 Å². The maximum absolute atomic E-state index is 2.44. The Hall–Kier alpha value is 0.800. The minimum absolute atomic E-state index is 0. The summed E-state index contributed by atoms with van der Waals surface area (Å²) in [6, 6.07) is 0. The van der Waals surface area contributed by atoms with E-state index in [0.717, 1.165) is 12.8 Å². The molecule has 2 aliphatic carbocycles. The fourth-order valence-electron chi connectivity index (χ4n) is 2.65. The van der Waals surface area contributed by atoms with Gasteiger partial charge in [-0.25, -0.2) is 0 Å². The quantitative estimate of drug-likeness (QED) is 0.314. The Morgan fingerprint density at radius 3 is 1.40 bits per heavy atom. The largest absolute Gasteiger partial charge is 4.00 e. The summed E-state index contributed by atoms with van der Waals surface area (Å²) < 4.78 is 0. The topological polar surface area (TPSA) is 0 Å². The summed E-state index contributed by atoms with van der Waals surface area (Å²) in [6.07, 6.45) is 11.8. The van der Waals surface area contributed by atoms with E-state index in [-0.39, 0.29) is 63.4 Å². The Morgan fingerprint density at radius 2 is 1.20 bits per heavy atom. The molecule has 0 heterocycles. The van der Waals surface area contributed by atoms with Gasteiger partial charge in [0.1, 0.15) is 0 Å². The number of allylic oxidation sites excluding steroid dienone is 8. The number of rotatable bonds is 3. The standard InChI is InChI=1S/C15H21Si.3ClH.Zr/c1-11-5-7-13(9-11)15(16(3)4)14-8-6-12(2)10-14;;;;/h5-6,9-10,16H,7-8H2,1-4H3;3*1H;/q-1;;;;+4/p-3. The summed E-state index contributed by atoms with van der Waals surface area (Å²) in [5.74, 6) is 0. The molecule has 0 saturated heterocycles.